The Hall–Kier alpha value is -0.830. The van der Waals surface area contributed by atoms with Gasteiger partial charge in [-0.2, -0.15) is 0 Å². The Balaban J connectivity index is 2.30. The lowest BCUT2D eigenvalue weighted by Gasteiger charge is -2.21. The van der Waals surface area contributed by atoms with Crippen LogP contribution in [0, 0.1) is 6.92 Å². The number of aryl methyl sites for hydroxylation is 1. The molecule has 0 saturated carbocycles. The third-order valence-corrected chi connectivity index (χ3v) is 4.64. The predicted molar refractivity (Wildman–Crippen MR) is 95.1 cm³/mol. The third kappa shape index (κ3) is 4.57. The lowest BCUT2D eigenvalue weighted by Crippen LogP contribution is -2.24. The maximum absolute atomic E-state index is 6.32. The molecule has 0 aromatic heterocycles. The molecule has 0 spiro atoms. The fourth-order valence-electron chi connectivity index (χ4n) is 2.42. The lowest BCUT2D eigenvalue weighted by molar-refractivity contribution is 0.527. The van der Waals surface area contributed by atoms with Crippen LogP contribution in [0.15, 0.2) is 46.9 Å². The van der Waals surface area contributed by atoms with Crippen molar-refractivity contribution in [3.63, 3.8) is 0 Å². The van der Waals surface area contributed by atoms with Crippen molar-refractivity contribution in [1.29, 1.82) is 0 Å². The molecule has 0 aliphatic rings. The summed E-state index contributed by atoms with van der Waals surface area (Å²) in [4.78, 5) is 0. The summed E-state index contributed by atoms with van der Waals surface area (Å²) in [5, 5.41) is 4.48. The minimum atomic E-state index is 0.263. The molecule has 0 saturated heterocycles. The van der Waals surface area contributed by atoms with E-state index in [1.54, 1.807) is 0 Å². The molecule has 21 heavy (non-hydrogen) atoms. The maximum atomic E-state index is 6.32. The highest BCUT2D eigenvalue weighted by Crippen LogP contribution is 2.29. The molecular formula is C18H21BrClN. The van der Waals surface area contributed by atoms with Gasteiger partial charge in [-0.25, -0.2) is 0 Å². The number of halogens is 2. The van der Waals surface area contributed by atoms with Crippen LogP contribution in [-0.4, -0.2) is 6.54 Å². The fraction of sp³-hybridized carbons (Fsp3) is 0.333. The standard InChI is InChI=1S/C18H21BrClN/c1-3-10-21-18(12-14-6-4-5-7-17(14)20)15-11-13(2)8-9-16(15)19/h4-9,11,18,21H,3,10,12H2,1-2H3. The Bertz CT molecular complexity index is 598. The van der Waals surface area contributed by atoms with Crippen LogP contribution in [-0.2, 0) is 6.42 Å². The quantitative estimate of drug-likeness (QED) is 0.692. The molecule has 2 aromatic carbocycles. The highest BCUT2D eigenvalue weighted by molar-refractivity contribution is 9.10. The number of hydrogen-bond donors (Lipinski definition) is 1. The van der Waals surface area contributed by atoms with Crippen molar-refractivity contribution in [1.82, 2.24) is 5.32 Å². The highest BCUT2D eigenvalue weighted by Gasteiger charge is 2.16. The number of benzene rings is 2. The number of rotatable bonds is 6. The molecule has 2 aromatic rings. The average Bonchev–Trinajstić information content (AvgIpc) is 2.48. The van der Waals surface area contributed by atoms with Crippen molar-refractivity contribution in [3.05, 3.63) is 68.7 Å². The van der Waals surface area contributed by atoms with E-state index in [4.69, 9.17) is 11.6 Å². The Morgan fingerprint density at radius 2 is 1.95 bits per heavy atom. The van der Waals surface area contributed by atoms with Crippen LogP contribution >= 0.6 is 27.5 Å². The number of hydrogen-bond acceptors (Lipinski definition) is 1. The third-order valence-electron chi connectivity index (χ3n) is 3.55. The molecule has 0 bridgehead atoms. The SMILES string of the molecule is CCCNC(Cc1ccccc1Cl)c1cc(C)ccc1Br. The number of nitrogens with one attached hydrogen (secondary N) is 1. The average molecular weight is 367 g/mol. The summed E-state index contributed by atoms with van der Waals surface area (Å²) in [7, 11) is 0. The molecule has 1 N–H and O–H groups in total. The van der Waals surface area contributed by atoms with Crippen molar-refractivity contribution >= 4 is 27.5 Å². The van der Waals surface area contributed by atoms with Gasteiger partial charge in [0.05, 0.1) is 0 Å². The molecule has 0 radical (unpaired) electrons. The summed E-state index contributed by atoms with van der Waals surface area (Å²) in [6.07, 6.45) is 2.00. The van der Waals surface area contributed by atoms with E-state index in [0.29, 0.717) is 0 Å². The van der Waals surface area contributed by atoms with Crippen LogP contribution in [0.2, 0.25) is 5.02 Å². The fourth-order valence-corrected chi connectivity index (χ4v) is 3.16. The second kappa shape index (κ2) is 7.98. The molecular weight excluding hydrogens is 346 g/mol. The van der Waals surface area contributed by atoms with E-state index < -0.39 is 0 Å². The second-order valence-electron chi connectivity index (χ2n) is 5.33. The van der Waals surface area contributed by atoms with Crippen molar-refractivity contribution in [3.8, 4) is 0 Å². The van der Waals surface area contributed by atoms with E-state index in [0.717, 1.165) is 28.9 Å². The van der Waals surface area contributed by atoms with Crippen LogP contribution in [0.4, 0.5) is 0 Å². The van der Waals surface area contributed by atoms with Crippen LogP contribution in [0.25, 0.3) is 0 Å². The molecule has 0 fully saturated rings. The Kier molecular flexibility index (Phi) is 6.28. The molecule has 0 aliphatic carbocycles. The van der Waals surface area contributed by atoms with Gasteiger partial charge in [0.2, 0.25) is 0 Å². The van der Waals surface area contributed by atoms with Crippen molar-refractivity contribution in [2.75, 3.05) is 6.54 Å². The van der Waals surface area contributed by atoms with Crippen LogP contribution in [0.3, 0.4) is 0 Å². The van der Waals surface area contributed by atoms with Crippen LogP contribution < -0.4 is 5.32 Å². The Morgan fingerprint density at radius 3 is 2.67 bits per heavy atom. The highest BCUT2D eigenvalue weighted by atomic mass is 79.9. The summed E-state index contributed by atoms with van der Waals surface area (Å²) >= 11 is 10.0. The van der Waals surface area contributed by atoms with Gasteiger partial charge in [-0.3, -0.25) is 0 Å². The van der Waals surface area contributed by atoms with Crippen LogP contribution in [0.1, 0.15) is 36.1 Å². The second-order valence-corrected chi connectivity index (χ2v) is 6.59. The minimum absolute atomic E-state index is 0.263. The monoisotopic (exact) mass is 365 g/mol. The first-order valence-electron chi connectivity index (χ1n) is 7.34. The topological polar surface area (TPSA) is 12.0 Å². The molecule has 112 valence electrons. The van der Waals surface area contributed by atoms with E-state index in [-0.39, 0.29) is 6.04 Å². The van der Waals surface area contributed by atoms with Crippen molar-refractivity contribution in [2.45, 2.75) is 32.7 Å². The first kappa shape index (κ1) is 16.5. The summed E-state index contributed by atoms with van der Waals surface area (Å²) in [5.74, 6) is 0. The molecule has 0 amide bonds. The van der Waals surface area contributed by atoms with Gasteiger partial charge in [-0.15, -0.1) is 0 Å². The van der Waals surface area contributed by atoms with E-state index in [2.05, 4.69) is 59.4 Å². The summed E-state index contributed by atoms with van der Waals surface area (Å²) in [6, 6.07) is 14.8. The zero-order chi connectivity index (χ0) is 15.2. The zero-order valence-electron chi connectivity index (χ0n) is 12.5. The lowest BCUT2D eigenvalue weighted by atomic mass is 9.97. The maximum Gasteiger partial charge on any atom is 0.0438 e. The zero-order valence-corrected chi connectivity index (χ0v) is 14.8. The molecule has 1 nitrogen and oxygen atoms in total. The van der Waals surface area contributed by atoms with Crippen molar-refractivity contribution < 1.29 is 0 Å². The van der Waals surface area contributed by atoms with Gasteiger partial charge in [-0.1, -0.05) is 70.3 Å². The molecule has 0 aliphatic heterocycles. The van der Waals surface area contributed by atoms with Crippen LogP contribution in [0.5, 0.6) is 0 Å². The first-order valence-corrected chi connectivity index (χ1v) is 8.51. The molecule has 0 heterocycles. The summed E-state index contributed by atoms with van der Waals surface area (Å²) in [6.45, 7) is 5.31. The molecule has 2 rings (SSSR count). The van der Waals surface area contributed by atoms with Gasteiger partial charge >= 0.3 is 0 Å². The van der Waals surface area contributed by atoms with E-state index in [9.17, 15) is 0 Å². The molecule has 3 heteroatoms. The van der Waals surface area contributed by atoms with E-state index >= 15 is 0 Å². The Labute approximate surface area is 140 Å². The normalized spacial score (nSPS) is 12.4. The van der Waals surface area contributed by atoms with Gasteiger partial charge in [0.15, 0.2) is 0 Å². The summed E-state index contributed by atoms with van der Waals surface area (Å²) in [5.41, 5.74) is 3.75. The van der Waals surface area contributed by atoms with Crippen molar-refractivity contribution in [2.24, 2.45) is 0 Å². The van der Waals surface area contributed by atoms with E-state index in [1.165, 1.54) is 16.7 Å². The minimum Gasteiger partial charge on any atom is -0.310 e. The smallest absolute Gasteiger partial charge is 0.0438 e. The molecule has 1 atom stereocenters. The van der Waals surface area contributed by atoms with Gasteiger partial charge in [-0.05, 0) is 49.6 Å². The largest absolute Gasteiger partial charge is 0.310 e. The van der Waals surface area contributed by atoms with Gasteiger partial charge < -0.3 is 5.32 Å². The predicted octanol–water partition coefficient (Wildman–Crippen LogP) is 5.69. The molecule has 1 unspecified atom stereocenters. The first-order chi connectivity index (χ1) is 10.1. The van der Waals surface area contributed by atoms with E-state index in [1.807, 2.05) is 18.2 Å². The van der Waals surface area contributed by atoms with Gasteiger partial charge in [0.1, 0.15) is 0 Å². The summed E-state index contributed by atoms with van der Waals surface area (Å²) < 4.78 is 1.15. The Morgan fingerprint density at radius 1 is 1.19 bits per heavy atom. The van der Waals surface area contributed by atoms with Gasteiger partial charge in [0.25, 0.3) is 0 Å². The van der Waals surface area contributed by atoms with Gasteiger partial charge in [0, 0.05) is 15.5 Å².